The second kappa shape index (κ2) is 6.57. The Morgan fingerprint density at radius 2 is 2.25 bits per heavy atom. The molecule has 1 amide bonds. The van der Waals surface area contributed by atoms with Gasteiger partial charge in [-0.3, -0.25) is 9.79 Å². The number of nitrogens with one attached hydrogen (secondary N) is 3. The van der Waals surface area contributed by atoms with Gasteiger partial charge in [0.05, 0.1) is 25.1 Å². The van der Waals surface area contributed by atoms with Crippen molar-refractivity contribution in [2.24, 2.45) is 4.99 Å². The Bertz CT molecular complexity index is 423. The van der Waals surface area contributed by atoms with Crippen LogP contribution >= 0.6 is 11.8 Å². The maximum absolute atomic E-state index is 11.6. The van der Waals surface area contributed by atoms with Crippen molar-refractivity contribution in [3.8, 4) is 0 Å². The summed E-state index contributed by atoms with van der Waals surface area (Å²) in [5, 5.41) is 27.7. The number of carbonyl (C=O) groups excluding carboxylic acids is 1. The van der Waals surface area contributed by atoms with E-state index in [9.17, 15) is 15.0 Å². The third kappa shape index (κ3) is 2.98. The molecule has 0 aromatic carbocycles. The number of thioether (sulfide) groups is 1. The van der Waals surface area contributed by atoms with Gasteiger partial charge in [-0.15, -0.1) is 0 Å². The summed E-state index contributed by atoms with van der Waals surface area (Å²) in [4.78, 5) is 15.9. The van der Waals surface area contributed by atoms with E-state index in [0.717, 1.165) is 5.57 Å². The maximum atomic E-state index is 11.6. The summed E-state index contributed by atoms with van der Waals surface area (Å²) in [7, 11) is 0. The quantitative estimate of drug-likeness (QED) is 0.374. The van der Waals surface area contributed by atoms with Crippen molar-refractivity contribution in [3.63, 3.8) is 0 Å². The fourth-order valence-electron chi connectivity index (χ4n) is 2.28. The first kappa shape index (κ1) is 15.3. The third-order valence-electron chi connectivity index (χ3n) is 3.56. The van der Waals surface area contributed by atoms with Crippen LogP contribution in [0.4, 0.5) is 0 Å². The number of nitrogens with zero attached hydrogens (tertiary/aromatic N) is 1. The van der Waals surface area contributed by atoms with Crippen molar-refractivity contribution in [2.75, 3.05) is 31.8 Å². The molecule has 0 fully saturated rings. The average molecular weight is 300 g/mol. The first-order valence-electron chi connectivity index (χ1n) is 6.38. The van der Waals surface area contributed by atoms with Crippen LogP contribution in [0.1, 0.15) is 0 Å². The molecule has 0 aromatic heterocycles. The molecule has 2 aliphatic rings. The molecular formula is C12H20N4O3S. The zero-order valence-corrected chi connectivity index (χ0v) is 12.1. The summed E-state index contributed by atoms with van der Waals surface area (Å²) < 4.78 is 0. The molecule has 112 valence electrons. The van der Waals surface area contributed by atoms with Gasteiger partial charge in [-0.2, -0.15) is 11.8 Å². The molecule has 7 nitrogen and oxygen atoms in total. The van der Waals surface area contributed by atoms with E-state index in [0.29, 0.717) is 12.3 Å². The average Bonchev–Trinajstić information content (AvgIpc) is 2.88. The Morgan fingerprint density at radius 3 is 2.90 bits per heavy atom. The van der Waals surface area contributed by atoms with Gasteiger partial charge in [-0.1, -0.05) is 0 Å². The minimum absolute atomic E-state index is 0.101. The van der Waals surface area contributed by atoms with Crippen molar-refractivity contribution in [1.29, 1.82) is 0 Å². The summed E-state index contributed by atoms with van der Waals surface area (Å²) in [5.74, 6) is 0.495. The van der Waals surface area contributed by atoms with Gasteiger partial charge in [0, 0.05) is 12.3 Å². The minimum atomic E-state index is -0.723. The molecule has 0 radical (unpaired) electrons. The first-order chi connectivity index (χ1) is 9.65. The zero-order valence-electron chi connectivity index (χ0n) is 11.3. The number of aliphatic hydroxyl groups excluding tert-OH is 2. The van der Waals surface area contributed by atoms with Crippen LogP contribution in [-0.2, 0) is 4.79 Å². The second-order valence-corrected chi connectivity index (χ2v) is 5.84. The number of fused-ring (bicyclic) bond motifs is 1. The monoisotopic (exact) mass is 300 g/mol. The van der Waals surface area contributed by atoms with Gasteiger partial charge >= 0.3 is 0 Å². The number of carbonyl (C=O) groups is 1. The number of hydrogen-bond donors (Lipinski definition) is 5. The summed E-state index contributed by atoms with van der Waals surface area (Å²) in [6.45, 7) is 0.159. The molecule has 2 aliphatic heterocycles. The van der Waals surface area contributed by atoms with Gasteiger partial charge in [0.2, 0.25) is 5.91 Å². The lowest BCUT2D eigenvalue weighted by molar-refractivity contribution is -0.121. The SMILES string of the molecule is CSCC(CO)(CO)NCC1=CNC2C(=O)NC=NC12. The van der Waals surface area contributed by atoms with Gasteiger partial charge in [-0.25, -0.2) is 0 Å². The third-order valence-corrected chi connectivity index (χ3v) is 4.40. The molecule has 5 N–H and O–H groups in total. The van der Waals surface area contributed by atoms with E-state index in [-0.39, 0.29) is 31.2 Å². The van der Waals surface area contributed by atoms with E-state index in [4.69, 9.17) is 0 Å². The topological polar surface area (TPSA) is 106 Å². The number of aliphatic hydroxyl groups is 2. The lowest BCUT2D eigenvalue weighted by Crippen LogP contribution is -2.55. The highest BCUT2D eigenvalue weighted by atomic mass is 32.2. The van der Waals surface area contributed by atoms with Crippen molar-refractivity contribution < 1.29 is 15.0 Å². The molecule has 0 aliphatic carbocycles. The van der Waals surface area contributed by atoms with E-state index in [1.54, 1.807) is 18.0 Å². The number of aliphatic imine (C=N–C) groups is 1. The van der Waals surface area contributed by atoms with E-state index >= 15 is 0 Å². The van der Waals surface area contributed by atoms with Crippen LogP contribution in [0.2, 0.25) is 0 Å². The molecule has 2 unspecified atom stereocenters. The van der Waals surface area contributed by atoms with Crippen LogP contribution in [0.3, 0.4) is 0 Å². The van der Waals surface area contributed by atoms with Crippen LogP contribution in [-0.4, -0.2) is 71.8 Å². The molecule has 0 bridgehead atoms. The number of rotatable bonds is 7. The molecule has 2 atom stereocenters. The number of amides is 1. The van der Waals surface area contributed by atoms with Gasteiger partial charge in [0.15, 0.2) is 0 Å². The molecule has 20 heavy (non-hydrogen) atoms. The molecule has 2 rings (SSSR count). The normalized spacial score (nSPS) is 24.9. The highest BCUT2D eigenvalue weighted by Gasteiger charge is 2.37. The van der Waals surface area contributed by atoms with E-state index in [1.807, 2.05) is 6.26 Å². The van der Waals surface area contributed by atoms with Gasteiger partial charge in [0.1, 0.15) is 12.1 Å². The Hall–Kier alpha value is -1.09. The largest absolute Gasteiger partial charge is 0.394 e. The standard InChI is InChI=1S/C12H20N4O3S/c1-20-6-12(4-17,5-18)16-3-8-2-13-10-9(8)14-7-15-11(10)19/h2,7,9-10,13,16-18H,3-6H2,1H3,(H,14,15,19). The smallest absolute Gasteiger partial charge is 0.250 e. The second-order valence-electron chi connectivity index (χ2n) is 4.98. The molecule has 0 saturated carbocycles. The summed E-state index contributed by atoms with van der Waals surface area (Å²) in [6, 6.07) is -0.587. The summed E-state index contributed by atoms with van der Waals surface area (Å²) >= 11 is 1.55. The highest BCUT2D eigenvalue weighted by Crippen LogP contribution is 2.20. The van der Waals surface area contributed by atoms with Crippen LogP contribution in [0.5, 0.6) is 0 Å². The Morgan fingerprint density at radius 1 is 1.50 bits per heavy atom. The molecule has 0 spiro atoms. The highest BCUT2D eigenvalue weighted by molar-refractivity contribution is 7.98. The van der Waals surface area contributed by atoms with Crippen molar-refractivity contribution in [1.82, 2.24) is 16.0 Å². The predicted molar refractivity (Wildman–Crippen MR) is 78.7 cm³/mol. The van der Waals surface area contributed by atoms with Gasteiger partial charge in [0.25, 0.3) is 0 Å². The molecular weight excluding hydrogens is 280 g/mol. The number of hydrogen-bond acceptors (Lipinski definition) is 7. The van der Waals surface area contributed by atoms with E-state index < -0.39 is 5.54 Å². The minimum Gasteiger partial charge on any atom is -0.394 e. The molecule has 0 saturated heterocycles. The molecule has 8 heteroatoms. The molecule has 2 heterocycles. The lowest BCUT2D eigenvalue weighted by Gasteiger charge is -2.31. The summed E-state index contributed by atoms with van der Waals surface area (Å²) in [5.41, 5.74) is 0.215. The van der Waals surface area contributed by atoms with Crippen molar-refractivity contribution in [2.45, 2.75) is 17.6 Å². The molecule has 0 aromatic rings. The predicted octanol–water partition coefficient (Wildman–Crippen LogP) is -1.96. The Kier molecular flexibility index (Phi) is 5.03. The Labute approximate surface area is 121 Å². The first-order valence-corrected chi connectivity index (χ1v) is 7.78. The lowest BCUT2D eigenvalue weighted by atomic mass is 10.00. The van der Waals surface area contributed by atoms with E-state index in [1.165, 1.54) is 6.34 Å². The van der Waals surface area contributed by atoms with E-state index in [2.05, 4.69) is 20.9 Å². The van der Waals surface area contributed by atoms with Crippen molar-refractivity contribution >= 4 is 24.0 Å². The van der Waals surface area contributed by atoms with Crippen molar-refractivity contribution in [3.05, 3.63) is 11.8 Å². The van der Waals surface area contributed by atoms with Crippen LogP contribution in [0, 0.1) is 0 Å². The fourth-order valence-corrected chi connectivity index (χ4v) is 3.12. The van der Waals surface area contributed by atoms with Gasteiger partial charge < -0.3 is 26.2 Å². The van der Waals surface area contributed by atoms with Gasteiger partial charge in [-0.05, 0) is 18.0 Å². The maximum Gasteiger partial charge on any atom is 0.250 e. The van der Waals surface area contributed by atoms with Crippen LogP contribution < -0.4 is 16.0 Å². The van der Waals surface area contributed by atoms with Crippen LogP contribution in [0.15, 0.2) is 16.8 Å². The fraction of sp³-hybridized carbons (Fsp3) is 0.667. The zero-order chi connectivity index (χ0) is 14.6. The van der Waals surface area contributed by atoms with Crippen LogP contribution in [0.25, 0.3) is 0 Å². The Balaban J connectivity index is 1.98. The summed E-state index contributed by atoms with van der Waals surface area (Å²) in [6.07, 6.45) is 5.12.